The summed E-state index contributed by atoms with van der Waals surface area (Å²) in [5, 5.41) is 0. The number of carbonyl (C=O) groups is 12. The van der Waals surface area contributed by atoms with E-state index in [0.29, 0.717) is 38.5 Å². The van der Waals surface area contributed by atoms with Gasteiger partial charge in [0.2, 0.25) is 0 Å². The third-order valence-corrected chi connectivity index (χ3v) is 11.8. The molecule has 4 aliphatic rings. The molecule has 0 N–H and O–H groups in total. The Balaban J connectivity index is -0.000000998. The van der Waals surface area contributed by atoms with E-state index >= 15 is 0 Å². The van der Waals surface area contributed by atoms with Crippen molar-refractivity contribution in [1.29, 1.82) is 0 Å². The van der Waals surface area contributed by atoms with E-state index < -0.39 is 36.2 Å². The Morgan fingerprint density at radius 2 is 0.663 bits per heavy atom. The predicted molar refractivity (Wildman–Crippen MR) is 297 cm³/mol. The van der Waals surface area contributed by atoms with Crippen LogP contribution in [0.15, 0.2) is 0 Å². The summed E-state index contributed by atoms with van der Waals surface area (Å²) in [6, 6.07) is 0. The smallest absolute Gasteiger partial charge is 0.309 e. The summed E-state index contributed by atoms with van der Waals surface area (Å²) >= 11 is 0. The van der Waals surface area contributed by atoms with Crippen molar-refractivity contribution in [2.24, 2.45) is 0 Å². The third-order valence-electron chi connectivity index (χ3n) is 11.8. The molecule has 1 unspecified atom stereocenters. The van der Waals surface area contributed by atoms with Gasteiger partial charge in [-0.05, 0) is 87.0 Å². The first-order chi connectivity index (χ1) is 38.6. The minimum absolute atomic E-state index is 0. The molecule has 13 atom stereocenters. The zero-order chi connectivity index (χ0) is 63.1. The topological polar surface area (TPSA) is 316 Å². The molecule has 0 aromatic carbocycles. The van der Waals surface area contributed by atoms with Gasteiger partial charge in [0, 0.05) is 32.1 Å². The van der Waals surface area contributed by atoms with E-state index in [1.54, 1.807) is 48.5 Å². The molecule has 3 radical (unpaired) electrons. The van der Waals surface area contributed by atoms with Crippen LogP contribution < -0.4 is 0 Å². The molecule has 4 saturated heterocycles. The maximum atomic E-state index is 12.1. The number of hydrogen-bond donors (Lipinski definition) is 0. The van der Waals surface area contributed by atoms with Gasteiger partial charge < -0.3 is 56.8 Å². The summed E-state index contributed by atoms with van der Waals surface area (Å²) in [6.07, 6.45) is 0.238. The largest absolute Gasteiger partial charge is 0.462 e. The van der Waals surface area contributed by atoms with Gasteiger partial charge >= 0.3 is 65.7 Å². The van der Waals surface area contributed by atoms with Crippen molar-refractivity contribution in [2.45, 2.75) is 279 Å². The number of esters is 11. The van der Waals surface area contributed by atoms with Crippen LogP contribution in [0.1, 0.15) is 206 Å². The Morgan fingerprint density at radius 1 is 0.422 bits per heavy atom. The van der Waals surface area contributed by atoms with Crippen LogP contribution in [0, 0.1) is 0 Å². The number of ether oxygens (including phenoxy) is 12. The molecule has 4 aliphatic heterocycles. The van der Waals surface area contributed by atoms with E-state index in [2.05, 4.69) is 7.57 Å². The van der Waals surface area contributed by atoms with Gasteiger partial charge in [-0.1, -0.05) is 41.5 Å². The van der Waals surface area contributed by atoms with Crippen LogP contribution in [-0.2, 0) is 133 Å². The van der Waals surface area contributed by atoms with Crippen LogP contribution in [0.4, 0.5) is 0 Å². The number of methoxy groups -OCH3 is 1. The molecular formula is C56H92BO24PV. The maximum Gasteiger partial charge on any atom is 0.309 e. The molecule has 24 nitrogen and oxygen atoms in total. The van der Waals surface area contributed by atoms with E-state index in [-0.39, 0.29) is 204 Å². The fourth-order valence-corrected chi connectivity index (χ4v) is 7.33. The number of carbonyl (C=O) groups excluding carboxylic acids is 12. The van der Waals surface area contributed by atoms with E-state index in [4.69, 9.17) is 56.8 Å². The molecule has 0 aromatic heterocycles. The molecule has 4 fully saturated rings. The second-order valence-corrected chi connectivity index (χ2v) is 19.8. The Labute approximate surface area is 505 Å². The van der Waals surface area contributed by atoms with Crippen LogP contribution in [-0.4, -0.2) is 159 Å². The van der Waals surface area contributed by atoms with E-state index in [9.17, 15) is 57.5 Å². The van der Waals surface area contributed by atoms with Gasteiger partial charge in [-0.3, -0.25) is 57.5 Å². The first-order valence-electron chi connectivity index (χ1n) is 28.1. The minimum atomic E-state index is -0.645. The summed E-state index contributed by atoms with van der Waals surface area (Å²) in [4.78, 5) is 136. The average molecular weight is 1240 g/mol. The summed E-state index contributed by atoms with van der Waals surface area (Å²) in [5.41, 5.74) is 0. The second kappa shape index (κ2) is 47.2. The van der Waals surface area contributed by atoms with Crippen molar-refractivity contribution < 1.29 is 133 Å². The zero-order valence-corrected chi connectivity index (χ0v) is 53.6. The van der Waals surface area contributed by atoms with E-state index in [1.165, 1.54) is 14.0 Å². The van der Waals surface area contributed by atoms with Crippen molar-refractivity contribution in [2.75, 3.05) is 7.11 Å². The summed E-state index contributed by atoms with van der Waals surface area (Å²) in [7, 11) is 7.83. The molecule has 4 heterocycles. The third kappa shape index (κ3) is 42.4. The second-order valence-electron chi connectivity index (χ2n) is 19.8. The van der Waals surface area contributed by atoms with Gasteiger partial charge in [0.05, 0.1) is 84.3 Å². The molecule has 0 aromatic rings. The zero-order valence-electron chi connectivity index (χ0n) is 51.1. The first-order valence-corrected chi connectivity index (χ1v) is 28.7. The normalized spacial score (nSPS) is 23.9. The Kier molecular flexibility index (Phi) is 46.6. The monoisotopic (exact) mass is 1240 g/mol. The van der Waals surface area contributed by atoms with E-state index in [0.717, 1.165) is 0 Å². The molecular weight excluding hydrogens is 1150 g/mol. The van der Waals surface area contributed by atoms with Crippen LogP contribution >= 0.6 is 9.12 Å². The summed E-state index contributed by atoms with van der Waals surface area (Å²) in [6.45, 7) is 22.6. The molecule has 83 heavy (non-hydrogen) atoms. The molecule has 473 valence electrons. The van der Waals surface area contributed by atoms with Gasteiger partial charge in [-0.25, -0.2) is 0 Å². The van der Waals surface area contributed by atoms with Crippen LogP contribution in [0.25, 0.3) is 0 Å². The molecule has 0 spiro atoms. The standard InChI is InChI=1S/C20H34O8.2C10H16O4.2C8H12O4.BH2P.V/c1-7-16(9-13(3)21)27-20(24)12-17(8-2)28-19(23)11-15(5)26-18(22)10-14(4)25-6;2*1-3-7-5-9(11)14-8(4-2)6-10(12)13-7;2*1-5-3-7(9)12-6(2)4-8(10)11-5;1-2;/h14-17H,7-12H2,1-6H3;2*7-8H,3-6H2,1-2H3;2*5-6H,3-4H2,1-2H3;2H2;/t14-,15-,16-,17-;2*7-,8-;2*5-,6-;;/m11010../s1. The van der Waals surface area contributed by atoms with Crippen molar-refractivity contribution in [1.82, 2.24) is 0 Å². The quantitative estimate of drug-likeness (QED) is 0.0588. The van der Waals surface area contributed by atoms with Gasteiger partial charge in [0.1, 0.15) is 72.9 Å². The maximum absolute atomic E-state index is 12.1. The Morgan fingerprint density at radius 3 is 0.916 bits per heavy atom. The average Bonchev–Trinajstić information content (AvgIpc) is 3.36. The summed E-state index contributed by atoms with van der Waals surface area (Å²) in [5.74, 6) is -3.87. The number of Topliss-reactive ketones (excluding diaryl/α,β-unsaturated/α-hetero) is 1. The fourth-order valence-electron chi connectivity index (χ4n) is 7.33. The van der Waals surface area contributed by atoms with Crippen molar-refractivity contribution in [3.63, 3.8) is 0 Å². The number of cyclic esters (lactones) is 8. The molecule has 4 rings (SSSR count). The molecule has 0 amide bonds. The van der Waals surface area contributed by atoms with Crippen LogP contribution in [0.3, 0.4) is 0 Å². The molecule has 27 heteroatoms. The first kappa shape index (κ1) is 82.1. The molecule has 0 saturated carbocycles. The van der Waals surface area contributed by atoms with Gasteiger partial charge in [-0.15, -0.1) is 0 Å². The van der Waals surface area contributed by atoms with Crippen molar-refractivity contribution in [3.8, 4) is 0 Å². The molecule has 0 bridgehead atoms. The van der Waals surface area contributed by atoms with Crippen LogP contribution in [0.2, 0.25) is 0 Å². The van der Waals surface area contributed by atoms with Crippen molar-refractivity contribution in [3.05, 3.63) is 0 Å². The number of hydrogen-bond acceptors (Lipinski definition) is 24. The molecule has 0 aliphatic carbocycles. The van der Waals surface area contributed by atoms with Gasteiger partial charge in [0.15, 0.2) is 0 Å². The summed E-state index contributed by atoms with van der Waals surface area (Å²) < 4.78 is 60.7. The van der Waals surface area contributed by atoms with Crippen LogP contribution in [0.5, 0.6) is 0 Å². The van der Waals surface area contributed by atoms with E-state index in [1.807, 2.05) is 43.7 Å². The Bertz CT molecular complexity index is 1760. The fraction of sp³-hybridized carbons (Fsp3) is 0.786. The number of ketones is 1. The van der Waals surface area contributed by atoms with Gasteiger partial charge in [-0.2, -0.15) is 9.12 Å². The SMILES string of the molecule is CC[C@@H]1CC(=O)O[C@H](CC)CC(=O)O1.CC[C@H](CC(C)=O)OC(=O)C[C@@H](CC)OC(=O)C[C@@H](C)OC(=O)C[C@@H](C)OC.CC[C@H]1CC(=O)O[C@@H](CC)CC(=O)O1.C[C@@H]1CC(=O)O[C@H](C)CC(=O)O1.C[C@H]1CC(=O)O[C@@H](C)CC(=O)O1.[B]P.[V]. The predicted octanol–water partition coefficient (Wildman–Crippen LogP) is 6.82. The Hall–Kier alpha value is -5.12. The number of rotatable bonds is 18. The minimum Gasteiger partial charge on any atom is -0.462 e. The van der Waals surface area contributed by atoms with Gasteiger partial charge in [0.25, 0.3) is 0 Å². The van der Waals surface area contributed by atoms with Crippen molar-refractivity contribution >= 4 is 88.1 Å².